The summed E-state index contributed by atoms with van der Waals surface area (Å²) in [5.74, 6) is -0.0829. The Morgan fingerprint density at radius 3 is 2.22 bits per heavy atom. The Kier molecular flexibility index (Phi) is 8.68. The van der Waals surface area contributed by atoms with E-state index in [0.29, 0.717) is 12.8 Å². The zero-order valence-corrected chi connectivity index (χ0v) is 28.1. The van der Waals surface area contributed by atoms with Crippen molar-refractivity contribution in [3.63, 3.8) is 0 Å². The molecule has 1 aliphatic carbocycles. The van der Waals surface area contributed by atoms with Crippen LogP contribution in [-0.2, 0) is 29.3 Å². The molecule has 2 saturated heterocycles. The van der Waals surface area contributed by atoms with Crippen LogP contribution in [0, 0.1) is 11.8 Å². The van der Waals surface area contributed by atoms with Crippen LogP contribution < -0.4 is 4.74 Å². The van der Waals surface area contributed by atoms with E-state index in [1.165, 1.54) is 12.1 Å². The van der Waals surface area contributed by atoms with Crippen molar-refractivity contribution >= 4 is 22.6 Å². The molecule has 0 bridgehead atoms. The third-order valence-electron chi connectivity index (χ3n) is 9.94. The number of carbonyl (C=O) groups is 1. The minimum atomic E-state index is -4.46. The first-order chi connectivity index (χ1) is 18.6. The standard InChI is InChI=1S/C30H47F3O6Si2/c1-28(2,3)40(7,8)38-22-16-21-20(15-24(34)36-21)25(22)27-26(37-27)23(39-41(9,10)29(4,5)6)17-35-19-13-11-12-18(14-19)30(31,32)33/h11-14,20-23,25-27H,15-17H2,1-10H3/t20?,21-,22+,23-,25-,26?,27-/m0/s1. The fourth-order valence-electron chi connectivity index (χ4n) is 5.47. The van der Waals surface area contributed by atoms with Crippen LogP contribution in [-0.4, -0.2) is 59.7 Å². The number of epoxide rings is 1. The van der Waals surface area contributed by atoms with Gasteiger partial charge in [-0.2, -0.15) is 13.2 Å². The van der Waals surface area contributed by atoms with Gasteiger partial charge in [0.15, 0.2) is 16.6 Å². The Balaban J connectivity index is 1.57. The fourth-order valence-corrected chi connectivity index (χ4v) is 8.15. The second kappa shape index (κ2) is 10.9. The topological polar surface area (TPSA) is 66.5 Å². The number of rotatable bonds is 9. The number of carbonyl (C=O) groups excluding carboxylic acids is 1. The molecule has 6 nitrogen and oxygen atoms in total. The zero-order chi connectivity index (χ0) is 30.8. The highest BCUT2D eigenvalue weighted by Gasteiger charge is 2.63. The van der Waals surface area contributed by atoms with E-state index < -0.39 is 34.5 Å². The molecule has 0 radical (unpaired) electrons. The van der Waals surface area contributed by atoms with Crippen LogP contribution in [0.1, 0.15) is 59.9 Å². The summed E-state index contributed by atoms with van der Waals surface area (Å²) in [4.78, 5) is 12.3. The predicted molar refractivity (Wildman–Crippen MR) is 156 cm³/mol. The van der Waals surface area contributed by atoms with Gasteiger partial charge in [-0.25, -0.2) is 0 Å². The normalized spacial score (nSPS) is 29.7. The molecule has 3 fully saturated rings. The van der Waals surface area contributed by atoms with E-state index >= 15 is 0 Å². The summed E-state index contributed by atoms with van der Waals surface area (Å²) in [6.45, 7) is 21.8. The molecule has 0 aromatic heterocycles. The van der Waals surface area contributed by atoms with Gasteiger partial charge in [-0.05, 0) is 54.5 Å². The van der Waals surface area contributed by atoms with Gasteiger partial charge in [0.2, 0.25) is 0 Å². The Labute approximate surface area is 244 Å². The highest BCUT2D eigenvalue weighted by Crippen LogP contribution is 2.53. The molecule has 2 heterocycles. The first-order valence-electron chi connectivity index (χ1n) is 14.6. The van der Waals surface area contributed by atoms with Crippen molar-refractivity contribution in [3.05, 3.63) is 29.8 Å². The number of alkyl halides is 3. The largest absolute Gasteiger partial charge is 0.491 e. The van der Waals surface area contributed by atoms with E-state index in [1.807, 2.05) is 0 Å². The Morgan fingerprint density at radius 1 is 1.00 bits per heavy atom. The van der Waals surface area contributed by atoms with Gasteiger partial charge in [-0.15, -0.1) is 0 Å². The predicted octanol–water partition coefficient (Wildman–Crippen LogP) is 7.58. The van der Waals surface area contributed by atoms with Gasteiger partial charge in [0.25, 0.3) is 0 Å². The summed E-state index contributed by atoms with van der Waals surface area (Å²) >= 11 is 0. The van der Waals surface area contributed by atoms with Crippen molar-refractivity contribution in [2.45, 2.75) is 127 Å². The zero-order valence-electron chi connectivity index (χ0n) is 26.1. The van der Waals surface area contributed by atoms with Crippen molar-refractivity contribution in [3.8, 4) is 5.75 Å². The van der Waals surface area contributed by atoms with E-state index in [2.05, 4.69) is 67.7 Å². The maximum atomic E-state index is 13.3. The second-order valence-electron chi connectivity index (χ2n) is 14.9. The lowest BCUT2D eigenvalue weighted by Crippen LogP contribution is -2.48. The van der Waals surface area contributed by atoms with Crippen molar-refractivity contribution in [2.24, 2.45) is 11.8 Å². The summed E-state index contributed by atoms with van der Waals surface area (Å²) in [5, 5.41) is -0.0769. The van der Waals surface area contributed by atoms with E-state index in [4.69, 9.17) is 23.1 Å². The monoisotopic (exact) mass is 616 g/mol. The molecule has 41 heavy (non-hydrogen) atoms. The molecule has 0 spiro atoms. The molecular formula is C30H47F3O6Si2. The van der Waals surface area contributed by atoms with Crippen LogP contribution in [0.4, 0.5) is 13.2 Å². The average molecular weight is 617 g/mol. The van der Waals surface area contributed by atoms with Crippen LogP contribution >= 0.6 is 0 Å². The molecule has 7 atom stereocenters. The summed E-state index contributed by atoms with van der Waals surface area (Å²) in [7, 11) is -4.42. The molecule has 1 aromatic rings. The lowest BCUT2D eigenvalue weighted by molar-refractivity contribution is -0.142. The summed E-state index contributed by atoms with van der Waals surface area (Å²) in [6.07, 6.45) is -4.78. The number of hydrogen-bond donors (Lipinski definition) is 0. The lowest BCUT2D eigenvalue weighted by Gasteiger charge is -2.40. The molecule has 232 valence electrons. The summed E-state index contributed by atoms with van der Waals surface area (Å²) < 4.78 is 71.6. The average Bonchev–Trinajstić information content (AvgIpc) is 3.40. The first-order valence-corrected chi connectivity index (χ1v) is 20.4. The van der Waals surface area contributed by atoms with Crippen molar-refractivity contribution < 1.29 is 41.0 Å². The van der Waals surface area contributed by atoms with Gasteiger partial charge in [0.05, 0.1) is 24.2 Å². The van der Waals surface area contributed by atoms with Crippen LogP contribution in [0.25, 0.3) is 0 Å². The van der Waals surface area contributed by atoms with E-state index in [0.717, 1.165) is 12.1 Å². The van der Waals surface area contributed by atoms with Crippen molar-refractivity contribution in [2.75, 3.05) is 6.61 Å². The molecule has 1 saturated carbocycles. The molecule has 2 unspecified atom stereocenters. The first kappa shape index (κ1) is 32.5. The van der Waals surface area contributed by atoms with E-state index in [9.17, 15) is 18.0 Å². The Bertz CT molecular complexity index is 1110. The summed E-state index contributed by atoms with van der Waals surface area (Å²) in [5.41, 5.74) is -0.758. The maximum absolute atomic E-state index is 13.3. The molecular weight excluding hydrogens is 569 g/mol. The second-order valence-corrected chi connectivity index (χ2v) is 24.5. The minimum Gasteiger partial charge on any atom is -0.491 e. The van der Waals surface area contributed by atoms with Crippen LogP contribution in [0.5, 0.6) is 5.75 Å². The SMILES string of the molecule is CC(C)(C)[Si](C)(C)O[C@@H](COc1cccc(C(F)(F)F)c1)C1O[C@H]1[C@H]1C2CC(=O)O[C@H]2C[C@H]1O[Si](C)(C)C(C)(C)C. The third kappa shape index (κ3) is 7.05. The van der Waals surface area contributed by atoms with E-state index in [1.54, 1.807) is 0 Å². The number of halogens is 3. The number of esters is 1. The molecule has 4 rings (SSSR count). The highest BCUT2D eigenvalue weighted by atomic mass is 28.4. The quantitative estimate of drug-likeness (QED) is 0.162. The lowest BCUT2D eigenvalue weighted by atomic mass is 9.87. The van der Waals surface area contributed by atoms with Gasteiger partial charge in [-0.1, -0.05) is 47.6 Å². The molecule has 0 N–H and O–H groups in total. The highest BCUT2D eigenvalue weighted by molar-refractivity contribution is 6.74. The number of ether oxygens (including phenoxy) is 3. The van der Waals surface area contributed by atoms with Gasteiger partial charge in [0, 0.05) is 18.3 Å². The fraction of sp³-hybridized carbons (Fsp3) is 0.767. The minimum absolute atomic E-state index is 0.00479. The molecule has 3 aliphatic rings. The van der Waals surface area contributed by atoms with Gasteiger partial charge >= 0.3 is 12.1 Å². The number of benzene rings is 1. The van der Waals surface area contributed by atoms with Crippen LogP contribution in [0.15, 0.2) is 24.3 Å². The third-order valence-corrected chi connectivity index (χ3v) is 18.9. The van der Waals surface area contributed by atoms with Gasteiger partial charge in [-0.3, -0.25) is 4.79 Å². The molecule has 11 heteroatoms. The van der Waals surface area contributed by atoms with Crippen LogP contribution in [0.3, 0.4) is 0 Å². The molecule has 0 amide bonds. The Hall–Kier alpha value is -1.41. The molecule has 1 aromatic carbocycles. The maximum Gasteiger partial charge on any atom is 0.416 e. The number of fused-ring (bicyclic) bond motifs is 1. The van der Waals surface area contributed by atoms with Gasteiger partial charge in [0.1, 0.15) is 30.7 Å². The molecule has 2 aliphatic heterocycles. The smallest absolute Gasteiger partial charge is 0.416 e. The van der Waals surface area contributed by atoms with Gasteiger partial charge < -0.3 is 23.1 Å². The Morgan fingerprint density at radius 2 is 1.63 bits per heavy atom. The van der Waals surface area contributed by atoms with E-state index in [-0.39, 0.29) is 64.7 Å². The van der Waals surface area contributed by atoms with Crippen molar-refractivity contribution in [1.82, 2.24) is 0 Å². The number of hydrogen-bond acceptors (Lipinski definition) is 6. The summed E-state index contributed by atoms with van der Waals surface area (Å²) in [6, 6.07) is 4.91. The van der Waals surface area contributed by atoms with Crippen molar-refractivity contribution in [1.29, 1.82) is 0 Å². The van der Waals surface area contributed by atoms with Crippen LogP contribution in [0.2, 0.25) is 36.3 Å².